The van der Waals surface area contributed by atoms with Gasteiger partial charge in [0.15, 0.2) is 11.3 Å². The predicted molar refractivity (Wildman–Crippen MR) is 99.9 cm³/mol. The first-order chi connectivity index (χ1) is 13.3. The highest BCUT2D eigenvalue weighted by atomic mass is 19.3. The van der Waals surface area contributed by atoms with E-state index in [-0.39, 0.29) is 22.7 Å². The Balaban J connectivity index is 2.16. The molecular weight excluding hydrogens is 372 g/mol. The Morgan fingerprint density at radius 2 is 1.96 bits per heavy atom. The van der Waals surface area contributed by atoms with Gasteiger partial charge in [0.05, 0.1) is 10.9 Å². The van der Waals surface area contributed by atoms with Crippen molar-refractivity contribution in [1.29, 1.82) is 0 Å². The fourth-order valence-electron chi connectivity index (χ4n) is 3.35. The number of H-pyrrole nitrogens is 2. The molecule has 146 valence electrons. The molecule has 0 unspecified atom stereocenters. The lowest BCUT2D eigenvalue weighted by Crippen LogP contribution is -2.12. The minimum atomic E-state index is -2.98. The van der Waals surface area contributed by atoms with E-state index in [0.717, 1.165) is 0 Å². The molecule has 8 nitrogen and oxygen atoms in total. The van der Waals surface area contributed by atoms with Crippen LogP contribution in [0, 0.1) is 0 Å². The van der Waals surface area contributed by atoms with Gasteiger partial charge in [-0.15, -0.1) is 0 Å². The monoisotopic (exact) mass is 389 g/mol. The number of rotatable bonds is 4. The zero-order valence-electron chi connectivity index (χ0n) is 15.3. The molecule has 0 atom stereocenters. The number of benzene rings is 1. The van der Waals surface area contributed by atoms with E-state index in [1.54, 1.807) is 23.9 Å². The minimum absolute atomic E-state index is 0.0501. The van der Waals surface area contributed by atoms with Gasteiger partial charge in [-0.05, 0) is 31.5 Å². The molecule has 4 rings (SSSR count). The minimum Gasteiger partial charge on any atom is -0.435 e. The Labute approximate surface area is 156 Å². The van der Waals surface area contributed by atoms with Crippen LogP contribution in [0.15, 0.2) is 33.9 Å². The van der Waals surface area contributed by atoms with Crippen molar-refractivity contribution in [3.8, 4) is 16.9 Å². The zero-order valence-corrected chi connectivity index (χ0v) is 15.3. The van der Waals surface area contributed by atoms with Gasteiger partial charge in [-0.25, -0.2) is 9.78 Å². The standard InChI is InChI=1S/C18H17F2N5O3/c1-8(2)25-15-12(16(26)23-25)11(13-14(21-15)22-18(27)24(13)3)9-5-4-6-10(7-9)28-17(19)20/h4-8,17H,1-3H3,(H,23,26)(H,21,22,27). The summed E-state index contributed by atoms with van der Waals surface area (Å²) in [6.45, 7) is 0.784. The average molecular weight is 389 g/mol. The number of imidazole rings is 1. The van der Waals surface area contributed by atoms with Crippen molar-refractivity contribution >= 4 is 22.2 Å². The summed E-state index contributed by atoms with van der Waals surface area (Å²) in [6, 6.07) is 5.92. The van der Waals surface area contributed by atoms with Crippen LogP contribution in [0.1, 0.15) is 19.9 Å². The maximum Gasteiger partial charge on any atom is 0.387 e. The first-order valence-electron chi connectivity index (χ1n) is 8.56. The number of aromatic nitrogens is 5. The third-order valence-corrected chi connectivity index (χ3v) is 4.56. The van der Waals surface area contributed by atoms with Gasteiger partial charge < -0.3 is 4.74 Å². The number of hydrogen-bond donors (Lipinski definition) is 2. The summed E-state index contributed by atoms with van der Waals surface area (Å²) < 4.78 is 32.7. The summed E-state index contributed by atoms with van der Waals surface area (Å²) in [4.78, 5) is 32.1. The molecule has 2 N–H and O–H groups in total. The molecule has 0 aliphatic carbocycles. The fraction of sp³-hybridized carbons (Fsp3) is 0.278. The van der Waals surface area contributed by atoms with Gasteiger partial charge in [0.1, 0.15) is 5.75 Å². The van der Waals surface area contributed by atoms with Crippen molar-refractivity contribution in [2.75, 3.05) is 0 Å². The fourth-order valence-corrected chi connectivity index (χ4v) is 3.35. The maximum absolute atomic E-state index is 12.8. The lowest BCUT2D eigenvalue weighted by atomic mass is 10.0. The molecule has 28 heavy (non-hydrogen) atoms. The van der Waals surface area contributed by atoms with Gasteiger partial charge in [-0.3, -0.25) is 24.1 Å². The number of alkyl halides is 2. The van der Waals surface area contributed by atoms with Crippen LogP contribution < -0.4 is 16.0 Å². The van der Waals surface area contributed by atoms with Gasteiger partial charge in [0.25, 0.3) is 5.56 Å². The lowest BCUT2D eigenvalue weighted by Gasteiger charge is -2.11. The molecule has 1 aromatic carbocycles. The van der Waals surface area contributed by atoms with Crippen LogP contribution in [0.5, 0.6) is 5.75 Å². The highest BCUT2D eigenvalue weighted by molar-refractivity contribution is 6.06. The summed E-state index contributed by atoms with van der Waals surface area (Å²) >= 11 is 0. The molecule has 0 radical (unpaired) electrons. The Bertz CT molecular complexity index is 1310. The molecule has 0 aliphatic heterocycles. The second-order valence-electron chi connectivity index (χ2n) is 6.68. The molecule has 3 aromatic heterocycles. The highest BCUT2D eigenvalue weighted by Crippen LogP contribution is 2.34. The van der Waals surface area contributed by atoms with Crippen LogP contribution in [0.4, 0.5) is 8.78 Å². The highest BCUT2D eigenvalue weighted by Gasteiger charge is 2.22. The topological polar surface area (TPSA) is 97.7 Å². The van der Waals surface area contributed by atoms with Gasteiger partial charge in [0, 0.05) is 18.7 Å². The number of aromatic amines is 2. The molecule has 0 fully saturated rings. The van der Waals surface area contributed by atoms with Crippen molar-refractivity contribution < 1.29 is 13.5 Å². The molecule has 0 amide bonds. The summed E-state index contributed by atoms with van der Waals surface area (Å²) in [6.07, 6.45) is 0. The number of halogens is 2. The molecule has 10 heteroatoms. The summed E-state index contributed by atoms with van der Waals surface area (Å²) in [5.41, 5.74) is 1.15. The molecule has 0 saturated heterocycles. The van der Waals surface area contributed by atoms with E-state index < -0.39 is 12.3 Å². The zero-order chi connectivity index (χ0) is 20.2. The molecule has 0 spiro atoms. The molecule has 0 aliphatic rings. The van der Waals surface area contributed by atoms with Crippen molar-refractivity contribution in [2.45, 2.75) is 26.5 Å². The van der Waals surface area contributed by atoms with Crippen LogP contribution in [0.25, 0.3) is 33.3 Å². The van der Waals surface area contributed by atoms with Gasteiger partial charge in [-0.1, -0.05) is 12.1 Å². The van der Waals surface area contributed by atoms with E-state index in [1.807, 2.05) is 13.8 Å². The predicted octanol–water partition coefficient (Wildman–Crippen LogP) is 2.75. The van der Waals surface area contributed by atoms with E-state index in [4.69, 9.17) is 0 Å². The van der Waals surface area contributed by atoms with Crippen LogP contribution in [-0.4, -0.2) is 30.9 Å². The van der Waals surface area contributed by atoms with Crippen LogP contribution in [0.2, 0.25) is 0 Å². The lowest BCUT2D eigenvalue weighted by molar-refractivity contribution is -0.0498. The van der Waals surface area contributed by atoms with E-state index >= 15 is 0 Å². The van der Waals surface area contributed by atoms with E-state index in [0.29, 0.717) is 27.9 Å². The van der Waals surface area contributed by atoms with Gasteiger partial charge >= 0.3 is 12.3 Å². The van der Waals surface area contributed by atoms with E-state index in [2.05, 4.69) is 19.8 Å². The van der Waals surface area contributed by atoms with E-state index in [1.165, 1.54) is 16.7 Å². The van der Waals surface area contributed by atoms with Crippen LogP contribution in [0.3, 0.4) is 0 Å². The summed E-state index contributed by atoms with van der Waals surface area (Å²) in [5, 5.41) is 3.02. The van der Waals surface area contributed by atoms with Crippen molar-refractivity contribution in [3.63, 3.8) is 0 Å². The molecule has 0 saturated carbocycles. The quantitative estimate of drug-likeness (QED) is 0.561. The van der Waals surface area contributed by atoms with Crippen molar-refractivity contribution in [2.24, 2.45) is 7.05 Å². The summed E-state index contributed by atoms with van der Waals surface area (Å²) in [7, 11) is 1.55. The second kappa shape index (κ2) is 6.32. The third kappa shape index (κ3) is 2.68. The smallest absolute Gasteiger partial charge is 0.387 e. The Kier molecular flexibility index (Phi) is 4.06. The Morgan fingerprint density at radius 3 is 2.64 bits per heavy atom. The number of nitrogens with one attached hydrogen (secondary N) is 2. The number of ether oxygens (including phenoxy) is 1. The van der Waals surface area contributed by atoms with Gasteiger partial charge in [-0.2, -0.15) is 8.78 Å². The molecular formula is C18H17F2N5O3. The number of nitrogens with zero attached hydrogens (tertiary/aromatic N) is 3. The first kappa shape index (κ1) is 18.0. The number of pyridine rings is 1. The maximum atomic E-state index is 12.8. The number of aryl methyl sites for hydroxylation is 1. The normalized spacial score (nSPS) is 12.0. The second-order valence-corrected chi connectivity index (χ2v) is 6.68. The van der Waals surface area contributed by atoms with E-state index in [9.17, 15) is 18.4 Å². The molecule has 0 bridgehead atoms. The summed E-state index contributed by atoms with van der Waals surface area (Å²) in [5.74, 6) is -0.0501. The first-order valence-corrected chi connectivity index (χ1v) is 8.56. The van der Waals surface area contributed by atoms with Crippen molar-refractivity contribution in [3.05, 3.63) is 45.1 Å². The largest absolute Gasteiger partial charge is 0.435 e. The van der Waals surface area contributed by atoms with Crippen LogP contribution in [-0.2, 0) is 7.05 Å². The number of fused-ring (bicyclic) bond motifs is 2. The SMILES string of the molecule is CC(C)n1[nH]c(=O)c2c(-c3cccc(OC(F)F)c3)c3c(nc21)[nH]c(=O)n3C. The Hall–Kier alpha value is -3.43. The Morgan fingerprint density at radius 1 is 1.21 bits per heavy atom. The number of hydrogen-bond acceptors (Lipinski definition) is 4. The van der Waals surface area contributed by atoms with Crippen LogP contribution >= 0.6 is 0 Å². The average Bonchev–Trinajstić information content (AvgIpc) is 3.10. The molecule has 4 aromatic rings. The molecule has 3 heterocycles. The van der Waals surface area contributed by atoms with Crippen molar-refractivity contribution in [1.82, 2.24) is 24.3 Å². The third-order valence-electron chi connectivity index (χ3n) is 4.56. The van der Waals surface area contributed by atoms with Gasteiger partial charge in [0.2, 0.25) is 0 Å².